The van der Waals surface area contributed by atoms with Crippen LogP contribution in [0.1, 0.15) is 22.7 Å². The molecule has 0 aliphatic carbocycles. The Morgan fingerprint density at radius 3 is 2.58 bits per heavy atom. The van der Waals surface area contributed by atoms with E-state index in [-0.39, 0.29) is 5.56 Å². The Morgan fingerprint density at radius 2 is 1.82 bits per heavy atom. The van der Waals surface area contributed by atoms with Gasteiger partial charge in [0.15, 0.2) is 0 Å². The first-order valence-electron chi connectivity index (χ1n) is 12.9. The summed E-state index contributed by atoms with van der Waals surface area (Å²) in [6, 6.07) is 16.4. The number of aromatic nitrogens is 2. The molecule has 2 atom stereocenters. The van der Waals surface area contributed by atoms with E-state index in [4.69, 9.17) is 26.6 Å². The number of pyridine rings is 1. The zero-order valence-electron chi connectivity index (χ0n) is 21.8. The number of hydrogen-bond acceptors (Lipinski definition) is 6. The molecule has 6 rings (SSSR count). The average Bonchev–Trinajstić information content (AvgIpc) is 3.35. The lowest BCUT2D eigenvalue weighted by Gasteiger charge is -2.29. The van der Waals surface area contributed by atoms with Gasteiger partial charge < -0.3 is 19.8 Å². The number of likely N-dealkylation sites (tertiary alicyclic amines) is 1. The van der Waals surface area contributed by atoms with Gasteiger partial charge in [-0.1, -0.05) is 41.9 Å². The number of rotatable bonds is 5. The van der Waals surface area contributed by atoms with Crippen LogP contribution < -0.4 is 10.3 Å². The van der Waals surface area contributed by atoms with Crippen LogP contribution in [0.3, 0.4) is 0 Å². The Bertz CT molecular complexity index is 1680. The molecule has 2 aromatic heterocycles. The van der Waals surface area contributed by atoms with Crippen LogP contribution in [0, 0.1) is 12.8 Å². The fourth-order valence-electron chi connectivity index (χ4n) is 5.58. The highest BCUT2D eigenvalue weighted by molar-refractivity contribution is 6.30. The van der Waals surface area contributed by atoms with Gasteiger partial charge in [-0.05, 0) is 42.3 Å². The van der Waals surface area contributed by atoms with Crippen molar-refractivity contribution < 1.29 is 24.5 Å². The molecule has 4 heterocycles. The summed E-state index contributed by atoms with van der Waals surface area (Å²) in [5, 5.41) is 18.7. The molecule has 1 saturated heterocycles. The van der Waals surface area contributed by atoms with Crippen LogP contribution in [-0.4, -0.2) is 62.7 Å². The lowest BCUT2D eigenvalue weighted by molar-refractivity contribution is -0.134. The number of carboxylic acid groups (broad SMARTS) is 2. The number of aryl methyl sites for hydroxylation is 1. The zero-order valence-corrected chi connectivity index (χ0v) is 22.5. The van der Waals surface area contributed by atoms with Crippen molar-refractivity contribution in [2.75, 3.05) is 26.2 Å². The summed E-state index contributed by atoms with van der Waals surface area (Å²) in [4.78, 5) is 39.3. The van der Waals surface area contributed by atoms with E-state index >= 15 is 0 Å². The van der Waals surface area contributed by atoms with E-state index < -0.39 is 11.9 Å². The second kappa shape index (κ2) is 11.5. The van der Waals surface area contributed by atoms with Gasteiger partial charge in [-0.15, -0.1) is 0 Å². The van der Waals surface area contributed by atoms with Gasteiger partial charge in [-0.25, -0.2) is 14.6 Å². The van der Waals surface area contributed by atoms with Gasteiger partial charge in [0.05, 0.1) is 11.6 Å². The summed E-state index contributed by atoms with van der Waals surface area (Å²) in [5.74, 6) is -0.555. The van der Waals surface area contributed by atoms with Crippen molar-refractivity contribution in [1.29, 1.82) is 0 Å². The molecule has 2 aliphatic rings. The molecule has 2 aromatic carbocycles. The van der Waals surface area contributed by atoms with Gasteiger partial charge in [0.2, 0.25) is 0 Å². The summed E-state index contributed by atoms with van der Waals surface area (Å²) >= 11 is 6.11. The molecular weight excluding hydrogens is 534 g/mol. The lowest BCUT2D eigenvalue weighted by atomic mass is 9.84. The zero-order chi connectivity index (χ0) is 28.4. The molecule has 2 aliphatic heterocycles. The Hall–Kier alpha value is -4.21. The van der Waals surface area contributed by atoms with Crippen LogP contribution in [-0.2, 0) is 16.0 Å². The van der Waals surface area contributed by atoms with Gasteiger partial charge in [-0.3, -0.25) is 9.20 Å². The maximum Gasteiger partial charge on any atom is 0.328 e. The van der Waals surface area contributed by atoms with E-state index in [0.717, 1.165) is 43.2 Å². The van der Waals surface area contributed by atoms with Crippen LogP contribution in [0.4, 0.5) is 0 Å². The Balaban J connectivity index is 0.000000355. The number of carboxylic acids is 2. The highest BCUT2D eigenvalue weighted by Crippen LogP contribution is 2.45. The van der Waals surface area contributed by atoms with Crippen molar-refractivity contribution in [3.63, 3.8) is 0 Å². The number of nitrogens with zero attached hydrogens (tertiary/aromatic N) is 3. The SMILES string of the molecule is Cc1nc2ccc(Cl)cn2c(=O)c1CCN1CC2COc3ccc4ccccc4c3C2C1.O=C(O)/C=C/C(=O)O. The van der Waals surface area contributed by atoms with Gasteiger partial charge >= 0.3 is 11.9 Å². The summed E-state index contributed by atoms with van der Waals surface area (Å²) in [6.07, 6.45) is 3.44. The number of fused-ring (bicyclic) bond motifs is 6. The molecule has 10 heteroatoms. The molecule has 0 spiro atoms. The maximum atomic E-state index is 13.1. The lowest BCUT2D eigenvalue weighted by Crippen LogP contribution is -2.28. The van der Waals surface area contributed by atoms with E-state index in [1.165, 1.54) is 16.3 Å². The maximum absolute atomic E-state index is 13.1. The third-order valence-electron chi connectivity index (χ3n) is 7.40. The van der Waals surface area contributed by atoms with E-state index in [9.17, 15) is 14.4 Å². The third-order valence-corrected chi connectivity index (χ3v) is 7.63. The molecule has 9 nitrogen and oxygen atoms in total. The molecule has 0 bridgehead atoms. The number of ether oxygens (including phenoxy) is 1. The van der Waals surface area contributed by atoms with Crippen molar-refractivity contribution in [2.45, 2.75) is 19.3 Å². The average molecular weight is 562 g/mol. The monoisotopic (exact) mass is 561 g/mol. The molecule has 0 radical (unpaired) electrons. The first-order chi connectivity index (χ1) is 19.2. The summed E-state index contributed by atoms with van der Waals surface area (Å²) < 4.78 is 7.71. The predicted octanol–water partition coefficient (Wildman–Crippen LogP) is 4.17. The van der Waals surface area contributed by atoms with Gasteiger partial charge in [0.25, 0.3) is 5.56 Å². The van der Waals surface area contributed by atoms with Crippen LogP contribution in [0.15, 0.2) is 71.7 Å². The minimum atomic E-state index is -1.26. The molecular formula is C30H28ClN3O6. The predicted molar refractivity (Wildman–Crippen MR) is 151 cm³/mol. The van der Waals surface area contributed by atoms with E-state index in [1.807, 2.05) is 6.92 Å². The molecule has 2 N–H and O–H groups in total. The van der Waals surface area contributed by atoms with Crippen LogP contribution in [0.2, 0.25) is 5.02 Å². The Kier molecular flexibility index (Phi) is 7.86. The smallest absolute Gasteiger partial charge is 0.328 e. The van der Waals surface area contributed by atoms with Gasteiger partial charge in [0.1, 0.15) is 11.4 Å². The van der Waals surface area contributed by atoms with Crippen molar-refractivity contribution >= 4 is 40.0 Å². The molecule has 0 saturated carbocycles. The van der Waals surface area contributed by atoms with Gasteiger partial charge in [-0.2, -0.15) is 0 Å². The first-order valence-corrected chi connectivity index (χ1v) is 13.3. The number of benzene rings is 2. The van der Waals surface area contributed by atoms with Crippen LogP contribution in [0.25, 0.3) is 16.4 Å². The van der Waals surface area contributed by atoms with E-state index in [0.29, 0.717) is 41.1 Å². The molecule has 0 amide bonds. The molecule has 206 valence electrons. The minimum Gasteiger partial charge on any atom is -0.493 e. The number of halogens is 1. The minimum absolute atomic E-state index is 0.0220. The topological polar surface area (TPSA) is 121 Å². The number of aliphatic carboxylic acids is 2. The first kappa shape index (κ1) is 27.4. The van der Waals surface area contributed by atoms with E-state index in [2.05, 4.69) is 46.3 Å². The normalized spacial score (nSPS) is 18.1. The van der Waals surface area contributed by atoms with Crippen molar-refractivity contribution in [2.24, 2.45) is 5.92 Å². The molecule has 4 aromatic rings. The summed E-state index contributed by atoms with van der Waals surface area (Å²) in [7, 11) is 0. The third kappa shape index (κ3) is 5.71. The highest BCUT2D eigenvalue weighted by atomic mass is 35.5. The largest absolute Gasteiger partial charge is 0.493 e. The molecule has 2 unspecified atom stereocenters. The van der Waals surface area contributed by atoms with Crippen LogP contribution in [0.5, 0.6) is 5.75 Å². The molecule has 1 fully saturated rings. The molecule has 40 heavy (non-hydrogen) atoms. The second-order valence-corrected chi connectivity index (χ2v) is 10.4. The van der Waals surface area contributed by atoms with Gasteiger partial charge in [0, 0.05) is 66.6 Å². The second-order valence-electron chi connectivity index (χ2n) is 9.95. The van der Waals surface area contributed by atoms with Crippen molar-refractivity contribution in [3.8, 4) is 5.75 Å². The van der Waals surface area contributed by atoms with Crippen molar-refractivity contribution in [1.82, 2.24) is 14.3 Å². The van der Waals surface area contributed by atoms with E-state index in [1.54, 1.807) is 22.7 Å². The summed E-state index contributed by atoms with van der Waals surface area (Å²) in [5.41, 5.74) is 3.52. The highest BCUT2D eigenvalue weighted by Gasteiger charge is 2.39. The number of hydrogen-bond donors (Lipinski definition) is 2. The Morgan fingerprint density at radius 1 is 1.07 bits per heavy atom. The quantitative estimate of drug-likeness (QED) is 0.348. The Labute approximate surface area is 234 Å². The summed E-state index contributed by atoms with van der Waals surface area (Å²) in [6.45, 7) is 5.48. The number of carbonyl (C=O) groups is 2. The fourth-order valence-corrected chi connectivity index (χ4v) is 5.74. The van der Waals surface area contributed by atoms with Crippen LogP contribution >= 0.6 is 11.6 Å². The van der Waals surface area contributed by atoms with Crippen molar-refractivity contribution in [3.05, 3.63) is 99.1 Å². The fraction of sp³-hybridized carbons (Fsp3) is 0.267. The standard InChI is InChI=1S/C26H24ClN3O2.C4H4O4/c1-16-20(26(31)30-13-19(27)7-9-24(30)28-16)10-11-29-12-18-15-32-23-8-6-17-4-2-3-5-21(17)25(23)22(18)14-29;5-3(6)1-2-4(7)8/h2-9,13,18,22H,10-12,14-15H2,1H3;1-2H,(H,5,6)(H,7,8)/b;2-1+.